The summed E-state index contributed by atoms with van der Waals surface area (Å²) in [6.07, 6.45) is 0.226. The van der Waals surface area contributed by atoms with Crippen molar-refractivity contribution in [1.82, 2.24) is 0 Å². The molecule has 148 valence electrons. The fourth-order valence-corrected chi connectivity index (χ4v) is 4.45. The van der Waals surface area contributed by atoms with Crippen LogP contribution in [-0.2, 0) is 13.6 Å². The van der Waals surface area contributed by atoms with E-state index in [4.69, 9.17) is 8.85 Å². The highest BCUT2D eigenvalue weighted by molar-refractivity contribution is 6.74. The topological polar surface area (TPSA) is 35.5 Å². The first-order valence-electron chi connectivity index (χ1n) is 9.52. The molecule has 1 aliphatic rings. The lowest BCUT2D eigenvalue weighted by molar-refractivity contribution is -0.115. The standard InChI is InChI=1S/C21H38O3Si2/c1-16-17(13-12-14-23-25(8,9)20(2,3)4)19(15-18(16)22)24-26(10,11)21(5,6)7/h17,19H,1,14-15H2,2-11H3/t17-,19-/m1/s1. The second kappa shape index (κ2) is 7.75. The smallest absolute Gasteiger partial charge is 0.193 e. The quantitative estimate of drug-likeness (QED) is 0.356. The lowest BCUT2D eigenvalue weighted by Crippen LogP contribution is -2.44. The summed E-state index contributed by atoms with van der Waals surface area (Å²) in [5.74, 6) is 6.25. The Morgan fingerprint density at radius 3 is 2.00 bits per heavy atom. The number of hydrogen-bond donors (Lipinski definition) is 0. The first-order valence-corrected chi connectivity index (χ1v) is 15.3. The summed E-state index contributed by atoms with van der Waals surface area (Å²) in [5.41, 5.74) is 0.591. The minimum atomic E-state index is -1.96. The summed E-state index contributed by atoms with van der Waals surface area (Å²) in [6.45, 7) is 26.5. The molecule has 1 rings (SSSR count). The Kier molecular flexibility index (Phi) is 6.96. The highest BCUT2D eigenvalue weighted by Gasteiger charge is 2.44. The van der Waals surface area contributed by atoms with E-state index in [1.165, 1.54) is 0 Å². The Labute approximate surface area is 163 Å². The fourth-order valence-electron chi connectivity index (χ4n) is 2.26. The Morgan fingerprint density at radius 2 is 1.54 bits per heavy atom. The summed E-state index contributed by atoms with van der Waals surface area (Å²) < 4.78 is 12.6. The predicted molar refractivity (Wildman–Crippen MR) is 115 cm³/mol. The number of Topliss-reactive ketones (excluding diaryl/α,β-unsaturated/α-hetero) is 1. The van der Waals surface area contributed by atoms with Gasteiger partial charge in [0, 0.05) is 12.0 Å². The maximum Gasteiger partial charge on any atom is 0.193 e. The van der Waals surface area contributed by atoms with E-state index in [2.05, 4.69) is 86.2 Å². The summed E-state index contributed by atoms with van der Waals surface area (Å²) in [7, 11) is -3.77. The molecule has 0 aromatic carbocycles. The third-order valence-electron chi connectivity index (χ3n) is 6.31. The molecule has 1 saturated carbocycles. The molecule has 0 heterocycles. The van der Waals surface area contributed by atoms with Crippen molar-refractivity contribution in [2.45, 2.75) is 90.3 Å². The zero-order valence-electron chi connectivity index (χ0n) is 18.5. The van der Waals surface area contributed by atoms with Crippen molar-refractivity contribution in [2.24, 2.45) is 5.92 Å². The van der Waals surface area contributed by atoms with E-state index >= 15 is 0 Å². The van der Waals surface area contributed by atoms with Crippen molar-refractivity contribution in [3.8, 4) is 11.8 Å². The van der Waals surface area contributed by atoms with Gasteiger partial charge in [0.05, 0.1) is 18.6 Å². The molecule has 0 aromatic rings. The van der Waals surface area contributed by atoms with Gasteiger partial charge in [-0.05, 0) is 36.3 Å². The molecule has 26 heavy (non-hydrogen) atoms. The monoisotopic (exact) mass is 394 g/mol. The molecule has 1 aliphatic carbocycles. The summed E-state index contributed by atoms with van der Waals surface area (Å²) in [6, 6.07) is 0. The maximum atomic E-state index is 12.2. The highest BCUT2D eigenvalue weighted by atomic mass is 28.4. The zero-order valence-corrected chi connectivity index (χ0v) is 20.5. The molecule has 0 radical (unpaired) electrons. The van der Waals surface area contributed by atoms with E-state index < -0.39 is 16.6 Å². The molecule has 0 N–H and O–H groups in total. The van der Waals surface area contributed by atoms with Gasteiger partial charge < -0.3 is 8.85 Å². The van der Waals surface area contributed by atoms with Gasteiger partial charge in [0.2, 0.25) is 0 Å². The number of rotatable bonds is 4. The summed E-state index contributed by atoms with van der Waals surface area (Å²) in [4.78, 5) is 12.2. The van der Waals surface area contributed by atoms with Crippen LogP contribution in [0.3, 0.4) is 0 Å². The molecule has 3 nitrogen and oxygen atoms in total. The van der Waals surface area contributed by atoms with Gasteiger partial charge in [-0.3, -0.25) is 4.79 Å². The van der Waals surface area contributed by atoms with E-state index in [9.17, 15) is 4.79 Å². The molecule has 0 spiro atoms. The number of carbonyl (C=O) groups is 1. The summed E-state index contributed by atoms with van der Waals surface area (Å²) in [5, 5.41) is 0.263. The van der Waals surface area contributed by atoms with Crippen LogP contribution in [0.5, 0.6) is 0 Å². The van der Waals surface area contributed by atoms with E-state index in [1.807, 2.05) is 0 Å². The molecule has 5 heteroatoms. The van der Waals surface area contributed by atoms with Gasteiger partial charge in [-0.15, -0.1) is 0 Å². The first-order chi connectivity index (χ1) is 11.5. The molecule has 0 amide bonds. The van der Waals surface area contributed by atoms with Crippen LogP contribution in [0.4, 0.5) is 0 Å². The Balaban J connectivity index is 2.86. The van der Waals surface area contributed by atoms with Gasteiger partial charge >= 0.3 is 0 Å². The van der Waals surface area contributed by atoms with Crippen LogP contribution in [-0.4, -0.2) is 35.1 Å². The average Bonchev–Trinajstić information content (AvgIpc) is 2.67. The second-order valence-corrected chi connectivity index (χ2v) is 20.0. The number of hydrogen-bond acceptors (Lipinski definition) is 3. The van der Waals surface area contributed by atoms with Crippen LogP contribution in [0.1, 0.15) is 48.0 Å². The molecular formula is C21H38O3Si2. The SMILES string of the molecule is C=C1C(=O)C[C@@H](O[Si](C)(C)C(C)(C)C)[C@@H]1C#CCO[Si](C)(C)C(C)(C)C. The van der Waals surface area contributed by atoms with E-state index in [0.29, 0.717) is 18.6 Å². The molecular weight excluding hydrogens is 356 g/mol. The minimum Gasteiger partial charge on any atom is -0.412 e. The van der Waals surface area contributed by atoms with Crippen molar-refractivity contribution in [3.63, 3.8) is 0 Å². The molecule has 2 atom stereocenters. The van der Waals surface area contributed by atoms with Crippen molar-refractivity contribution in [1.29, 1.82) is 0 Å². The first kappa shape index (κ1) is 23.4. The van der Waals surface area contributed by atoms with Gasteiger partial charge in [-0.1, -0.05) is 60.0 Å². The minimum absolute atomic E-state index is 0.0818. The van der Waals surface area contributed by atoms with Crippen molar-refractivity contribution >= 4 is 22.4 Å². The van der Waals surface area contributed by atoms with Crippen LogP contribution in [0.15, 0.2) is 12.2 Å². The fraction of sp³-hybridized carbons (Fsp3) is 0.762. The second-order valence-electron chi connectivity index (χ2n) is 10.4. The van der Waals surface area contributed by atoms with Crippen LogP contribution in [0.25, 0.3) is 0 Å². The molecule has 0 aromatic heterocycles. The van der Waals surface area contributed by atoms with Crippen molar-refractivity contribution < 1.29 is 13.6 Å². The normalized spacial score (nSPS) is 22.4. The van der Waals surface area contributed by atoms with Crippen LogP contribution >= 0.6 is 0 Å². The van der Waals surface area contributed by atoms with E-state index in [0.717, 1.165) is 0 Å². The molecule has 0 aliphatic heterocycles. The Bertz CT molecular complexity index is 610. The molecule has 0 saturated heterocycles. The third-order valence-corrected chi connectivity index (χ3v) is 15.3. The van der Waals surface area contributed by atoms with Gasteiger partial charge in [-0.2, -0.15) is 0 Å². The number of carbonyl (C=O) groups excluding carboxylic acids is 1. The highest BCUT2D eigenvalue weighted by Crippen LogP contribution is 2.41. The summed E-state index contributed by atoms with van der Waals surface area (Å²) >= 11 is 0. The van der Waals surface area contributed by atoms with Gasteiger partial charge in [0.1, 0.15) is 0 Å². The van der Waals surface area contributed by atoms with Gasteiger partial charge in [0.25, 0.3) is 0 Å². The lowest BCUT2D eigenvalue weighted by Gasteiger charge is -2.39. The van der Waals surface area contributed by atoms with Crippen LogP contribution < -0.4 is 0 Å². The average molecular weight is 395 g/mol. The van der Waals surface area contributed by atoms with Gasteiger partial charge in [0.15, 0.2) is 22.4 Å². The molecule has 1 fully saturated rings. The maximum absolute atomic E-state index is 12.2. The molecule has 0 bridgehead atoms. The third kappa shape index (κ3) is 5.42. The van der Waals surface area contributed by atoms with Crippen LogP contribution in [0.2, 0.25) is 36.3 Å². The Morgan fingerprint density at radius 1 is 1.04 bits per heavy atom. The lowest BCUT2D eigenvalue weighted by atomic mass is 10.0. The zero-order chi connectivity index (χ0) is 20.6. The van der Waals surface area contributed by atoms with Crippen molar-refractivity contribution in [3.05, 3.63) is 12.2 Å². The largest absolute Gasteiger partial charge is 0.412 e. The van der Waals surface area contributed by atoms with E-state index in [1.54, 1.807) is 0 Å². The van der Waals surface area contributed by atoms with Crippen LogP contribution in [0, 0.1) is 17.8 Å². The van der Waals surface area contributed by atoms with E-state index in [-0.39, 0.29) is 27.9 Å². The molecule has 0 unspecified atom stereocenters. The Hall–Kier alpha value is -0.676. The van der Waals surface area contributed by atoms with Crippen molar-refractivity contribution in [2.75, 3.05) is 6.61 Å². The predicted octanol–water partition coefficient (Wildman–Crippen LogP) is 5.55. The van der Waals surface area contributed by atoms with Gasteiger partial charge in [-0.25, -0.2) is 0 Å². The number of ketones is 1.